The minimum absolute atomic E-state index is 0.820. The van der Waals surface area contributed by atoms with Gasteiger partial charge in [0.05, 0.1) is 6.67 Å². The van der Waals surface area contributed by atoms with Crippen LogP contribution < -0.4 is 4.90 Å². The molecule has 1 saturated heterocycles. The van der Waals surface area contributed by atoms with Crippen molar-refractivity contribution >= 4 is 17.9 Å². The van der Waals surface area contributed by atoms with Crippen LogP contribution in [-0.4, -0.2) is 45.4 Å². The van der Waals surface area contributed by atoms with Crippen molar-refractivity contribution in [2.24, 2.45) is 0 Å². The Labute approximate surface area is 154 Å². The topological polar surface area (TPSA) is 29.2 Å². The number of piperazine rings is 1. The highest BCUT2D eigenvalue weighted by Gasteiger charge is 2.20. The first kappa shape index (κ1) is 16.8. The third-order valence-electron chi connectivity index (χ3n) is 5.35. The number of aryl methyl sites for hydroxylation is 2. The van der Waals surface area contributed by atoms with Gasteiger partial charge in [0, 0.05) is 44.8 Å². The third-order valence-corrected chi connectivity index (χ3v) is 5.79. The van der Waals surface area contributed by atoms with Crippen LogP contribution in [0.15, 0.2) is 24.3 Å². The van der Waals surface area contributed by atoms with E-state index in [0.717, 1.165) is 50.6 Å². The Morgan fingerprint density at radius 1 is 1.04 bits per heavy atom. The monoisotopic (exact) mass is 357 g/mol. The Balaban J connectivity index is 1.40. The molecule has 0 saturated carbocycles. The smallest absolute Gasteiger partial charge is 0.199 e. The number of benzene rings is 1. The molecule has 2 aliphatic rings. The van der Waals surface area contributed by atoms with Crippen LogP contribution in [0, 0.1) is 11.7 Å². The molecule has 0 unspecified atom stereocenters. The zero-order valence-corrected chi connectivity index (χ0v) is 15.8. The quantitative estimate of drug-likeness (QED) is 0.789. The van der Waals surface area contributed by atoms with Gasteiger partial charge in [-0.1, -0.05) is 18.6 Å². The zero-order chi connectivity index (χ0) is 17.2. The molecule has 25 heavy (non-hydrogen) atoms. The number of anilines is 1. The summed E-state index contributed by atoms with van der Waals surface area (Å²) in [4.78, 5) is 4.94. The Bertz CT molecular complexity index is 785. The molecule has 0 bridgehead atoms. The second-order valence-corrected chi connectivity index (χ2v) is 7.61. The fourth-order valence-electron chi connectivity index (χ4n) is 3.88. The summed E-state index contributed by atoms with van der Waals surface area (Å²) in [6, 6.07) is 8.79. The molecule has 1 fully saturated rings. The summed E-state index contributed by atoms with van der Waals surface area (Å²) in [6.07, 6.45) is 4.82. The van der Waals surface area contributed by atoms with Gasteiger partial charge in [0.15, 0.2) is 4.77 Å². The fraction of sp³-hybridized carbons (Fsp3) is 0.579. The second kappa shape index (κ2) is 7.30. The molecule has 0 amide bonds. The molecule has 0 N–H and O–H groups in total. The molecule has 1 aromatic heterocycles. The first-order valence-electron chi connectivity index (χ1n) is 9.41. The van der Waals surface area contributed by atoms with Gasteiger partial charge < -0.3 is 9.47 Å². The number of fused-ring (bicyclic) bond motifs is 1. The van der Waals surface area contributed by atoms with Crippen molar-refractivity contribution in [3.8, 4) is 0 Å². The first-order chi connectivity index (χ1) is 12.2. The maximum atomic E-state index is 5.68. The van der Waals surface area contributed by atoms with E-state index in [-0.39, 0.29) is 0 Å². The largest absolute Gasteiger partial charge is 0.369 e. The molecule has 0 spiro atoms. The highest BCUT2D eigenvalue weighted by molar-refractivity contribution is 7.71. The summed E-state index contributed by atoms with van der Waals surface area (Å²) >= 11 is 5.68. The number of nitrogens with zero attached hydrogens (tertiary/aromatic N) is 5. The average Bonchev–Trinajstić information content (AvgIpc) is 2.79. The fourth-order valence-corrected chi connectivity index (χ4v) is 4.17. The number of rotatable bonds is 3. The SMILES string of the molecule is Cc1cccc(N2CCN(Cn3nc4n(c3=S)CCCCC4)CC2)c1. The predicted octanol–water partition coefficient (Wildman–Crippen LogP) is 3.23. The summed E-state index contributed by atoms with van der Waals surface area (Å²) in [5.41, 5.74) is 2.66. The lowest BCUT2D eigenvalue weighted by Crippen LogP contribution is -2.47. The van der Waals surface area contributed by atoms with Gasteiger partial charge in [0.2, 0.25) is 0 Å². The van der Waals surface area contributed by atoms with E-state index in [1.807, 2.05) is 4.68 Å². The standard InChI is InChI=1S/C19H27N5S/c1-16-6-5-7-17(14-16)22-12-10-21(11-13-22)15-24-19(25)23-9-4-2-3-8-18(23)20-24/h5-7,14H,2-4,8-13,15H2,1H3. The lowest BCUT2D eigenvalue weighted by molar-refractivity contribution is 0.193. The van der Waals surface area contributed by atoms with Crippen molar-refractivity contribution in [2.45, 2.75) is 45.8 Å². The second-order valence-electron chi connectivity index (χ2n) is 7.25. The normalized spacial score (nSPS) is 18.8. The molecule has 5 nitrogen and oxygen atoms in total. The Kier molecular flexibility index (Phi) is 4.90. The van der Waals surface area contributed by atoms with E-state index in [4.69, 9.17) is 17.3 Å². The predicted molar refractivity (Wildman–Crippen MR) is 104 cm³/mol. The van der Waals surface area contributed by atoms with Crippen molar-refractivity contribution in [1.82, 2.24) is 19.2 Å². The van der Waals surface area contributed by atoms with Crippen LogP contribution in [0.2, 0.25) is 0 Å². The summed E-state index contributed by atoms with van der Waals surface area (Å²) < 4.78 is 5.20. The number of aromatic nitrogens is 3. The average molecular weight is 358 g/mol. The minimum atomic E-state index is 0.820. The van der Waals surface area contributed by atoms with Gasteiger partial charge in [-0.2, -0.15) is 5.10 Å². The van der Waals surface area contributed by atoms with Crippen LogP contribution in [-0.2, 0) is 19.6 Å². The molecule has 0 aliphatic carbocycles. The first-order valence-corrected chi connectivity index (χ1v) is 9.82. The Morgan fingerprint density at radius 3 is 2.68 bits per heavy atom. The van der Waals surface area contributed by atoms with Crippen molar-refractivity contribution in [3.05, 3.63) is 40.4 Å². The summed E-state index contributed by atoms with van der Waals surface area (Å²) in [5, 5.41) is 4.81. The molecule has 6 heteroatoms. The molecular weight excluding hydrogens is 330 g/mol. The van der Waals surface area contributed by atoms with Gasteiger partial charge in [0.1, 0.15) is 5.82 Å². The van der Waals surface area contributed by atoms with E-state index in [1.54, 1.807) is 0 Å². The molecule has 0 radical (unpaired) electrons. The van der Waals surface area contributed by atoms with Crippen LogP contribution >= 0.6 is 12.2 Å². The van der Waals surface area contributed by atoms with Gasteiger partial charge in [0.25, 0.3) is 0 Å². The number of hydrogen-bond donors (Lipinski definition) is 0. The van der Waals surface area contributed by atoms with E-state index in [0.29, 0.717) is 0 Å². The highest BCUT2D eigenvalue weighted by atomic mass is 32.1. The maximum Gasteiger partial charge on any atom is 0.199 e. The molecule has 2 aromatic rings. The molecule has 134 valence electrons. The molecule has 4 rings (SSSR count). The van der Waals surface area contributed by atoms with Crippen LogP contribution in [0.1, 0.15) is 30.7 Å². The van der Waals surface area contributed by atoms with E-state index in [2.05, 4.69) is 45.6 Å². The van der Waals surface area contributed by atoms with Gasteiger partial charge in [-0.15, -0.1) is 0 Å². The van der Waals surface area contributed by atoms with Crippen molar-refractivity contribution in [1.29, 1.82) is 0 Å². The van der Waals surface area contributed by atoms with Crippen LogP contribution in [0.3, 0.4) is 0 Å². The molecule has 2 aliphatic heterocycles. The van der Waals surface area contributed by atoms with Crippen LogP contribution in [0.5, 0.6) is 0 Å². The third kappa shape index (κ3) is 3.65. The van der Waals surface area contributed by atoms with Gasteiger partial charge >= 0.3 is 0 Å². The Morgan fingerprint density at radius 2 is 1.88 bits per heavy atom. The molecular formula is C19H27N5S. The summed E-state index contributed by atoms with van der Waals surface area (Å²) in [5.74, 6) is 1.18. The molecule has 1 aromatic carbocycles. The van der Waals surface area contributed by atoms with Crippen LogP contribution in [0.25, 0.3) is 0 Å². The van der Waals surface area contributed by atoms with E-state index in [9.17, 15) is 0 Å². The van der Waals surface area contributed by atoms with Crippen molar-refractivity contribution in [2.75, 3.05) is 31.1 Å². The van der Waals surface area contributed by atoms with Gasteiger partial charge in [-0.05, 0) is 49.7 Å². The lowest BCUT2D eigenvalue weighted by atomic mass is 10.2. The summed E-state index contributed by atoms with van der Waals surface area (Å²) in [7, 11) is 0. The van der Waals surface area contributed by atoms with Crippen molar-refractivity contribution in [3.63, 3.8) is 0 Å². The van der Waals surface area contributed by atoms with E-state index >= 15 is 0 Å². The zero-order valence-electron chi connectivity index (χ0n) is 15.0. The van der Waals surface area contributed by atoms with E-state index in [1.165, 1.54) is 36.3 Å². The Hall–Kier alpha value is -1.66. The van der Waals surface area contributed by atoms with Gasteiger partial charge in [-0.3, -0.25) is 4.90 Å². The summed E-state index contributed by atoms with van der Waals surface area (Å²) in [6.45, 7) is 8.24. The highest BCUT2D eigenvalue weighted by Crippen LogP contribution is 2.19. The van der Waals surface area contributed by atoms with Crippen molar-refractivity contribution < 1.29 is 0 Å². The molecule has 0 atom stereocenters. The molecule has 3 heterocycles. The van der Waals surface area contributed by atoms with Gasteiger partial charge in [-0.25, -0.2) is 4.68 Å². The maximum absolute atomic E-state index is 5.68. The van der Waals surface area contributed by atoms with E-state index < -0.39 is 0 Å². The number of hydrogen-bond acceptors (Lipinski definition) is 4. The van der Waals surface area contributed by atoms with Crippen LogP contribution in [0.4, 0.5) is 5.69 Å². The minimum Gasteiger partial charge on any atom is -0.369 e. The lowest BCUT2D eigenvalue weighted by Gasteiger charge is -2.36.